The van der Waals surface area contributed by atoms with E-state index in [1.165, 1.54) is 0 Å². The predicted molar refractivity (Wildman–Crippen MR) is 68.5 cm³/mol. The maximum absolute atomic E-state index is 12.0. The number of carbonyl (C=O) groups is 1. The summed E-state index contributed by atoms with van der Waals surface area (Å²) in [6.07, 6.45) is 2.03. The molecule has 86 valence electrons. The summed E-state index contributed by atoms with van der Waals surface area (Å²) in [5, 5.41) is 0.635. The van der Waals surface area contributed by atoms with Gasteiger partial charge in [0.2, 0.25) is 0 Å². The quantitative estimate of drug-likeness (QED) is 0.775. The fourth-order valence-corrected chi connectivity index (χ4v) is 1.72. The molecule has 0 spiro atoms. The molecule has 0 unspecified atom stereocenters. The highest BCUT2D eigenvalue weighted by atomic mass is 35.5. The average molecular weight is 246 g/mol. The lowest BCUT2D eigenvalue weighted by molar-refractivity contribution is 0.0991. The number of hydrogen-bond donors (Lipinski definition) is 0. The highest BCUT2D eigenvalue weighted by molar-refractivity contribution is 6.30. The van der Waals surface area contributed by atoms with Crippen LogP contribution < -0.4 is 0 Å². The van der Waals surface area contributed by atoms with Crippen LogP contribution in [0.2, 0.25) is 5.02 Å². The van der Waals surface area contributed by atoms with Crippen LogP contribution in [0.3, 0.4) is 0 Å². The van der Waals surface area contributed by atoms with E-state index in [0.717, 1.165) is 11.3 Å². The van der Waals surface area contributed by atoms with Gasteiger partial charge in [0.25, 0.3) is 0 Å². The normalized spacial score (nSPS) is 10.2. The van der Waals surface area contributed by atoms with Crippen molar-refractivity contribution in [3.63, 3.8) is 0 Å². The van der Waals surface area contributed by atoms with Gasteiger partial charge in [-0.15, -0.1) is 0 Å². The van der Waals surface area contributed by atoms with E-state index in [2.05, 4.69) is 4.98 Å². The second-order valence-electron chi connectivity index (χ2n) is 3.87. The Balaban J connectivity index is 2.17. The van der Waals surface area contributed by atoms with E-state index in [4.69, 9.17) is 11.6 Å². The fraction of sp³-hybridized carbons (Fsp3) is 0.143. The van der Waals surface area contributed by atoms with Gasteiger partial charge in [0.05, 0.1) is 12.1 Å². The van der Waals surface area contributed by atoms with Gasteiger partial charge in [0.1, 0.15) is 0 Å². The van der Waals surface area contributed by atoms with Crippen molar-refractivity contribution in [3.8, 4) is 0 Å². The van der Waals surface area contributed by atoms with Gasteiger partial charge in [-0.2, -0.15) is 0 Å². The molecule has 2 aromatic rings. The van der Waals surface area contributed by atoms with E-state index in [1.807, 2.05) is 19.1 Å². The van der Waals surface area contributed by atoms with Crippen LogP contribution in [-0.4, -0.2) is 10.8 Å². The Morgan fingerprint density at radius 3 is 2.59 bits per heavy atom. The summed E-state index contributed by atoms with van der Waals surface area (Å²) in [5.74, 6) is 0.0588. The van der Waals surface area contributed by atoms with Gasteiger partial charge in [0.15, 0.2) is 5.78 Å². The number of nitrogens with zero attached hydrogens (tertiary/aromatic N) is 1. The minimum absolute atomic E-state index is 0.0588. The summed E-state index contributed by atoms with van der Waals surface area (Å²) in [4.78, 5) is 16.2. The van der Waals surface area contributed by atoms with Crippen LogP contribution in [0.25, 0.3) is 0 Å². The number of pyridine rings is 1. The summed E-state index contributed by atoms with van der Waals surface area (Å²) in [5.41, 5.74) is 2.53. The van der Waals surface area contributed by atoms with E-state index >= 15 is 0 Å². The molecule has 0 aliphatic rings. The number of halogens is 1. The predicted octanol–water partition coefficient (Wildman–Crippen LogP) is 3.47. The minimum Gasteiger partial charge on any atom is -0.294 e. The lowest BCUT2D eigenvalue weighted by Crippen LogP contribution is -2.06. The molecule has 0 saturated heterocycles. The van der Waals surface area contributed by atoms with E-state index < -0.39 is 0 Å². The van der Waals surface area contributed by atoms with Crippen molar-refractivity contribution in [3.05, 3.63) is 64.4 Å². The molecule has 0 aliphatic carbocycles. The van der Waals surface area contributed by atoms with Crippen molar-refractivity contribution < 1.29 is 4.79 Å². The minimum atomic E-state index is 0.0588. The maximum atomic E-state index is 12.0. The van der Waals surface area contributed by atoms with Crippen LogP contribution in [0.15, 0.2) is 42.6 Å². The van der Waals surface area contributed by atoms with Crippen LogP contribution in [0.1, 0.15) is 21.6 Å². The van der Waals surface area contributed by atoms with Crippen LogP contribution in [-0.2, 0) is 6.42 Å². The Bertz CT molecular complexity index is 534. The number of hydrogen-bond acceptors (Lipinski definition) is 2. The Kier molecular flexibility index (Phi) is 3.55. The van der Waals surface area contributed by atoms with E-state index in [-0.39, 0.29) is 5.78 Å². The van der Waals surface area contributed by atoms with Crippen molar-refractivity contribution >= 4 is 17.4 Å². The number of Topliss-reactive ketones (excluding diaryl/α,β-unsaturated/α-hetero) is 1. The molecule has 0 N–H and O–H groups in total. The summed E-state index contributed by atoms with van der Waals surface area (Å²) >= 11 is 5.78. The van der Waals surface area contributed by atoms with Crippen molar-refractivity contribution in [1.82, 2.24) is 4.98 Å². The summed E-state index contributed by atoms with van der Waals surface area (Å²) < 4.78 is 0. The first kappa shape index (κ1) is 11.8. The first-order valence-corrected chi connectivity index (χ1v) is 5.74. The van der Waals surface area contributed by atoms with Gasteiger partial charge < -0.3 is 0 Å². The second-order valence-corrected chi connectivity index (χ2v) is 4.31. The number of rotatable bonds is 3. The van der Waals surface area contributed by atoms with E-state index in [0.29, 0.717) is 17.0 Å². The lowest BCUT2D eigenvalue weighted by atomic mass is 10.0. The molecular weight excluding hydrogens is 234 g/mol. The Hall–Kier alpha value is -1.67. The summed E-state index contributed by atoms with van der Waals surface area (Å²) in [6.45, 7) is 1.96. The van der Waals surface area contributed by atoms with Gasteiger partial charge in [-0.1, -0.05) is 17.7 Å². The van der Waals surface area contributed by atoms with Crippen LogP contribution in [0.5, 0.6) is 0 Å². The molecule has 0 fully saturated rings. The molecule has 0 aliphatic heterocycles. The molecule has 3 heteroatoms. The number of aryl methyl sites for hydroxylation is 1. The topological polar surface area (TPSA) is 30.0 Å². The van der Waals surface area contributed by atoms with Crippen molar-refractivity contribution in [2.45, 2.75) is 13.3 Å². The number of benzene rings is 1. The molecule has 0 saturated carbocycles. The second kappa shape index (κ2) is 5.11. The molecule has 1 aromatic carbocycles. The van der Waals surface area contributed by atoms with Gasteiger partial charge >= 0.3 is 0 Å². The number of ketones is 1. The molecule has 0 bridgehead atoms. The fourth-order valence-electron chi connectivity index (χ4n) is 1.59. The monoisotopic (exact) mass is 245 g/mol. The first-order valence-electron chi connectivity index (χ1n) is 5.36. The Labute approximate surface area is 105 Å². The van der Waals surface area contributed by atoms with Gasteiger partial charge in [-0.05, 0) is 42.8 Å². The summed E-state index contributed by atoms with van der Waals surface area (Å²) in [7, 11) is 0. The molecular formula is C14H12ClNO. The maximum Gasteiger partial charge on any atom is 0.168 e. The zero-order valence-corrected chi connectivity index (χ0v) is 10.2. The Morgan fingerprint density at radius 2 is 1.94 bits per heavy atom. The zero-order valence-electron chi connectivity index (χ0n) is 9.48. The van der Waals surface area contributed by atoms with Gasteiger partial charge in [-0.25, -0.2) is 0 Å². The zero-order chi connectivity index (χ0) is 12.3. The highest BCUT2D eigenvalue weighted by Gasteiger charge is 2.09. The lowest BCUT2D eigenvalue weighted by Gasteiger charge is -2.03. The van der Waals surface area contributed by atoms with E-state index in [9.17, 15) is 4.79 Å². The average Bonchev–Trinajstić information content (AvgIpc) is 2.33. The van der Waals surface area contributed by atoms with Gasteiger partial charge in [0, 0.05) is 16.8 Å². The van der Waals surface area contributed by atoms with Crippen LogP contribution >= 0.6 is 11.6 Å². The molecule has 0 atom stereocenters. The van der Waals surface area contributed by atoms with Crippen molar-refractivity contribution in [2.24, 2.45) is 0 Å². The third-order valence-corrected chi connectivity index (χ3v) is 2.86. The molecule has 17 heavy (non-hydrogen) atoms. The summed E-state index contributed by atoms with van der Waals surface area (Å²) in [6, 6.07) is 10.7. The van der Waals surface area contributed by atoms with Gasteiger partial charge in [-0.3, -0.25) is 9.78 Å². The highest BCUT2D eigenvalue weighted by Crippen LogP contribution is 2.13. The molecule has 1 aromatic heterocycles. The van der Waals surface area contributed by atoms with Crippen molar-refractivity contribution in [2.75, 3.05) is 0 Å². The van der Waals surface area contributed by atoms with Crippen LogP contribution in [0.4, 0.5) is 0 Å². The smallest absolute Gasteiger partial charge is 0.168 e. The standard InChI is InChI=1S/C14H12ClNO/c1-10-3-2-8-16-13(10)9-14(17)11-4-6-12(15)7-5-11/h2-8H,9H2,1H3. The SMILES string of the molecule is Cc1cccnc1CC(=O)c1ccc(Cl)cc1. The molecule has 1 heterocycles. The van der Waals surface area contributed by atoms with Crippen molar-refractivity contribution in [1.29, 1.82) is 0 Å². The first-order chi connectivity index (χ1) is 8.16. The third-order valence-electron chi connectivity index (χ3n) is 2.61. The molecule has 2 nitrogen and oxygen atoms in total. The molecule has 0 radical (unpaired) electrons. The Morgan fingerprint density at radius 1 is 1.24 bits per heavy atom. The largest absolute Gasteiger partial charge is 0.294 e. The van der Waals surface area contributed by atoms with Crippen LogP contribution in [0, 0.1) is 6.92 Å². The third kappa shape index (κ3) is 2.92. The molecule has 0 amide bonds. The van der Waals surface area contributed by atoms with E-state index in [1.54, 1.807) is 30.5 Å². The number of carbonyl (C=O) groups excluding carboxylic acids is 1. The number of aromatic nitrogens is 1. The molecule has 2 rings (SSSR count).